The minimum absolute atomic E-state index is 0.142. The Labute approximate surface area is 112 Å². The van der Waals surface area contributed by atoms with Crippen molar-refractivity contribution in [2.24, 2.45) is 0 Å². The van der Waals surface area contributed by atoms with E-state index in [1.165, 1.54) is 11.3 Å². The number of nitrogens with two attached hydrogens (primary N) is 1. The van der Waals surface area contributed by atoms with Crippen LogP contribution in [0.4, 0.5) is 11.4 Å². The molecule has 2 aromatic rings. The lowest BCUT2D eigenvalue weighted by Gasteiger charge is -2.07. The van der Waals surface area contributed by atoms with Crippen LogP contribution in [0.25, 0.3) is 0 Å². The van der Waals surface area contributed by atoms with Crippen molar-refractivity contribution in [2.45, 2.75) is 6.92 Å². The third-order valence-corrected chi connectivity index (χ3v) is 3.87. The van der Waals surface area contributed by atoms with Crippen molar-refractivity contribution in [3.8, 4) is 0 Å². The van der Waals surface area contributed by atoms with E-state index in [0.29, 0.717) is 16.3 Å². The Morgan fingerprint density at radius 3 is 2.71 bits per heavy atom. The highest BCUT2D eigenvalue weighted by atomic mass is 79.9. The summed E-state index contributed by atoms with van der Waals surface area (Å²) in [4.78, 5) is 12.5. The average molecular weight is 311 g/mol. The Bertz CT molecular complexity index is 565. The van der Waals surface area contributed by atoms with Gasteiger partial charge in [-0.1, -0.05) is 6.07 Å². The topological polar surface area (TPSA) is 55.1 Å². The first kappa shape index (κ1) is 12.1. The van der Waals surface area contributed by atoms with Crippen LogP contribution in [-0.2, 0) is 0 Å². The van der Waals surface area contributed by atoms with E-state index in [1.54, 1.807) is 6.07 Å². The van der Waals surface area contributed by atoms with Gasteiger partial charge >= 0.3 is 0 Å². The Morgan fingerprint density at radius 1 is 1.35 bits per heavy atom. The number of benzene rings is 1. The molecule has 1 heterocycles. The first-order valence-corrected chi connectivity index (χ1v) is 6.60. The zero-order valence-corrected chi connectivity index (χ0v) is 11.6. The van der Waals surface area contributed by atoms with Gasteiger partial charge in [0.2, 0.25) is 0 Å². The van der Waals surface area contributed by atoms with Crippen LogP contribution in [0.3, 0.4) is 0 Å². The number of nitrogen functional groups attached to an aromatic ring is 1. The van der Waals surface area contributed by atoms with Gasteiger partial charge < -0.3 is 11.1 Å². The molecule has 2 rings (SSSR count). The summed E-state index contributed by atoms with van der Waals surface area (Å²) in [5.74, 6) is -0.142. The lowest BCUT2D eigenvalue weighted by molar-refractivity contribution is 0.103. The van der Waals surface area contributed by atoms with Gasteiger partial charge in [-0.15, -0.1) is 11.3 Å². The summed E-state index contributed by atoms with van der Waals surface area (Å²) >= 11 is 4.71. The molecule has 0 saturated heterocycles. The van der Waals surface area contributed by atoms with Crippen molar-refractivity contribution >= 4 is 44.5 Å². The molecule has 0 bridgehead atoms. The highest BCUT2D eigenvalue weighted by Crippen LogP contribution is 2.25. The molecule has 0 aliphatic heterocycles. The molecule has 3 nitrogen and oxygen atoms in total. The lowest BCUT2D eigenvalue weighted by atomic mass is 10.2. The van der Waals surface area contributed by atoms with Gasteiger partial charge in [0, 0.05) is 0 Å². The van der Waals surface area contributed by atoms with E-state index in [0.717, 1.165) is 9.35 Å². The Balaban J connectivity index is 2.18. The zero-order chi connectivity index (χ0) is 12.4. The molecule has 17 heavy (non-hydrogen) atoms. The van der Waals surface area contributed by atoms with Crippen molar-refractivity contribution < 1.29 is 4.79 Å². The largest absolute Gasteiger partial charge is 0.397 e. The number of rotatable bonds is 2. The number of hydrogen-bond donors (Lipinski definition) is 2. The van der Waals surface area contributed by atoms with Gasteiger partial charge in [0.15, 0.2) is 0 Å². The van der Waals surface area contributed by atoms with E-state index >= 15 is 0 Å². The second-order valence-electron chi connectivity index (χ2n) is 3.65. The SMILES string of the molecule is Cc1ccc(NC(=O)c2ccc(Br)s2)c(N)c1. The second kappa shape index (κ2) is 4.89. The van der Waals surface area contributed by atoms with Gasteiger partial charge in [0.05, 0.1) is 20.0 Å². The van der Waals surface area contributed by atoms with E-state index in [4.69, 9.17) is 5.73 Å². The van der Waals surface area contributed by atoms with Gasteiger partial charge in [-0.3, -0.25) is 4.79 Å². The van der Waals surface area contributed by atoms with E-state index < -0.39 is 0 Å². The molecular formula is C12H11BrN2OS. The summed E-state index contributed by atoms with van der Waals surface area (Å²) in [5.41, 5.74) is 8.12. The zero-order valence-electron chi connectivity index (χ0n) is 9.16. The molecule has 5 heteroatoms. The van der Waals surface area contributed by atoms with Crippen LogP contribution in [-0.4, -0.2) is 5.91 Å². The molecule has 1 aromatic heterocycles. The summed E-state index contributed by atoms with van der Waals surface area (Å²) in [6, 6.07) is 9.17. The molecule has 0 aliphatic rings. The normalized spacial score (nSPS) is 10.2. The highest BCUT2D eigenvalue weighted by molar-refractivity contribution is 9.11. The molecule has 0 atom stereocenters. The number of nitrogens with one attached hydrogen (secondary N) is 1. The molecule has 1 aromatic carbocycles. The van der Waals surface area contributed by atoms with E-state index in [1.807, 2.05) is 31.2 Å². The molecule has 3 N–H and O–H groups in total. The minimum atomic E-state index is -0.142. The van der Waals surface area contributed by atoms with Crippen LogP contribution in [0.2, 0.25) is 0 Å². The number of carbonyl (C=O) groups is 1. The van der Waals surface area contributed by atoms with Crippen LogP contribution >= 0.6 is 27.3 Å². The minimum Gasteiger partial charge on any atom is -0.397 e. The fourth-order valence-electron chi connectivity index (χ4n) is 1.42. The highest BCUT2D eigenvalue weighted by Gasteiger charge is 2.10. The van der Waals surface area contributed by atoms with Gasteiger partial charge in [-0.25, -0.2) is 0 Å². The standard InChI is InChI=1S/C12H11BrN2OS/c1-7-2-3-9(8(14)6-7)15-12(16)10-4-5-11(13)17-10/h2-6H,14H2,1H3,(H,15,16). The number of carbonyl (C=O) groups excluding carboxylic acids is 1. The van der Waals surface area contributed by atoms with E-state index in [9.17, 15) is 4.79 Å². The Morgan fingerprint density at radius 2 is 2.12 bits per heavy atom. The van der Waals surface area contributed by atoms with E-state index in [-0.39, 0.29) is 5.91 Å². The molecule has 1 amide bonds. The monoisotopic (exact) mass is 310 g/mol. The van der Waals surface area contributed by atoms with E-state index in [2.05, 4.69) is 21.2 Å². The summed E-state index contributed by atoms with van der Waals surface area (Å²) < 4.78 is 0.930. The fraction of sp³-hybridized carbons (Fsp3) is 0.0833. The quantitative estimate of drug-likeness (QED) is 0.832. The maximum atomic E-state index is 11.9. The summed E-state index contributed by atoms with van der Waals surface area (Å²) in [7, 11) is 0. The first-order chi connectivity index (χ1) is 8.06. The summed E-state index contributed by atoms with van der Waals surface area (Å²) in [5, 5.41) is 2.79. The smallest absolute Gasteiger partial charge is 0.265 e. The molecular weight excluding hydrogens is 300 g/mol. The maximum Gasteiger partial charge on any atom is 0.265 e. The summed E-state index contributed by atoms with van der Waals surface area (Å²) in [6.45, 7) is 1.96. The van der Waals surface area contributed by atoms with Crippen LogP contribution in [0.5, 0.6) is 0 Å². The maximum absolute atomic E-state index is 11.9. The molecule has 88 valence electrons. The molecule has 0 saturated carbocycles. The lowest BCUT2D eigenvalue weighted by Crippen LogP contribution is -2.11. The van der Waals surface area contributed by atoms with Crippen LogP contribution in [0.1, 0.15) is 15.2 Å². The van der Waals surface area contributed by atoms with Crippen molar-refractivity contribution in [3.63, 3.8) is 0 Å². The molecule has 0 spiro atoms. The van der Waals surface area contributed by atoms with Gasteiger partial charge in [0.25, 0.3) is 5.91 Å². The van der Waals surface area contributed by atoms with Crippen LogP contribution < -0.4 is 11.1 Å². The van der Waals surface area contributed by atoms with Crippen molar-refractivity contribution in [1.29, 1.82) is 0 Å². The fourth-order valence-corrected chi connectivity index (χ4v) is 2.70. The number of halogens is 1. The number of amides is 1. The van der Waals surface area contributed by atoms with Crippen molar-refractivity contribution in [2.75, 3.05) is 11.1 Å². The van der Waals surface area contributed by atoms with Crippen LogP contribution in [0.15, 0.2) is 34.1 Å². The molecule has 0 fully saturated rings. The number of thiophene rings is 1. The Kier molecular flexibility index (Phi) is 3.49. The molecule has 0 radical (unpaired) electrons. The van der Waals surface area contributed by atoms with Crippen molar-refractivity contribution in [3.05, 3.63) is 44.6 Å². The predicted molar refractivity (Wildman–Crippen MR) is 75.6 cm³/mol. The van der Waals surface area contributed by atoms with Crippen LogP contribution in [0, 0.1) is 6.92 Å². The number of hydrogen-bond acceptors (Lipinski definition) is 3. The number of aryl methyl sites for hydroxylation is 1. The second-order valence-corrected chi connectivity index (χ2v) is 6.11. The van der Waals surface area contributed by atoms with Gasteiger partial charge in [-0.2, -0.15) is 0 Å². The van der Waals surface area contributed by atoms with Gasteiger partial charge in [0.1, 0.15) is 0 Å². The molecule has 0 aliphatic carbocycles. The Hall–Kier alpha value is -1.33. The van der Waals surface area contributed by atoms with Gasteiger partial charge in [-0.05, 0) is 52.7 Å². The summed E-state index contributed by atoms with van der Waals surface area (Å²) in [6.07, 6.45) is 0. The number of anilines is 2. The third kappa shape index (κ3) is 2.87. The third-order valence-electron chi connectivity index (χ3n) is 2.25. The first-order valence-electron chi connectivity index (χ1n) is 4.99. The predicted octanol–water partition coefficient (Wildman–Crippen LogP) is 3.65. The molecule has 0 unspecified atom stereocenters. The average Bonchev–Trinajstić information content (AvgIpc) is 2.69. The van der Waals surface area contributed by atoms with Crippen molar-refractivity contribution in [1.82, 2.24) is 0 Å².